The van der Waals surface area contributed by atoms with Gasteiger partial charge in [0, 0.05) is 31.6 Å². The number of rotatable bonds is 6. The molecule has 3 unspecified atom stereocenters. The summed E-state index contributed by atoms with van der Waals surface area (Å²) in [5, 5.41) is 3.64. The molecule has 0 amide bonds. The van der Waals surface area contributed by atoms with Gasteiger partial charge >= 0.3 is 0 Å². The molecule has 1 saturated carbocycles. The van der Waals surface area contributed by atoms with Gasteiger partial charge in [0.15, 0.2) is 0 Å². The zero-order valence-electron chi connectivity index (χ0n) is 13.1. The Morgan fingerprint density at radius 1 is 1.20 bits per heavy atom. The molecular weight excluding hydrogens is 272 g/mol. The molecule has 0 spiro atoms. The standard InChI is InChI=1S/C16H31ClN2O/c1-13(2)19-7-8-20-16(12-19)11-18-10-15-6-4-3-5-14(15)9-17/h13-16,18H,3-12H2,1-2H3. The molecule has 1 heterocycles. The molecule has 0 bridgehead atoms. The van der Waals surface area contributed by atoms with E-state index in [0.717, 1.165) is 50.5 Å². The molecule has 1 saturated heterocycles. The number of nitrogens with zero attached hydrogens (tertiary/aromatic N) is 1. The molecule has 3 nitrogen and oxygen atoms in total. The first-order valence-corrected chi connectivity index (χ1v) is 8.86. The van der Waals surface area contributed by atoms with Crippen LogP contribution in [0.4, 0.5) is 0 Å². The van der Waals surface area contributed by atoms with Crippen molar-refractivity contribution in [2.75, 3.05) is 38.7 Å². The maximum absolute atomic E-state index is 6.10. The Kier molecular flexibility index (Phi) is 7.09. The van der Waals surface area contributed by atoms with Gasteiger partial charge in [-0.1, -0.05) is 12.8 Å². The molecule has 1 aliphatic carbocycles. The summed E-state index contributed by atoms with van der Waals surface area (Å²) in [5.74, 6) is 2.32. The predicted octanol–water partition coefficient (Wildman–Crippen LogP) is 2.73. The molecule has 2 rings (SSSR count). The maximum Gasteiger partial charge on any atom is 0.0826 e. The molecule has 0 aromatic carbocycles. The number of hydrogen-bond donors (Lipinski definition) is 1. The molecule has 20 heavy (non-hydrogen) atoms. The van der Waals surface area contributed by atoms with Crippen LogP contribution in [0.5, 0.6) is 0 Å². The van der Waals surface area contributed by atoms with Crippen LogP contribution in [0.2, 0.25) is 0 Å². The van der Waals surface area contributed by atoms with E-state index >= 15 is 0 Å². The lowest BCUT2D eigenvalue weighted by Crippen LogP contribution is -2.49. The van der Waals surface area contributed by atoms with Gasteiger partial charge in [-0.2, -0.15) is 0 Å². The van der Waals surface area contributed by atoms with Crippen molar-refractivity contribution in [2.24, 2.45) is 11.8 Å². The van der Waals surface area contributed by atoms with Crippen LogP contribution in [0.15, 0.2) is 0 Å². The lowest BCUT2D eigenvalue weighted by molar-refractivity contribution is -0.0376. The molecule has 0 aromatic rings. The summed E-state index contributed by atoms with van der Waals surface area (Å²) in [4.78, 5) is 2.51. The van der Waals surface area contributed by atoms with Gasteiger partial charge in [0.25, 0.3) is 0 Å². The molecule has 4 heteroatoms. The minimum atomic E-state index is 0.351. The summed E-state index contributed by atoms with van der Waals surface area (Å²) in [6, 6.07) is 0.625. The van der Waals surface area contributed by atoms with Gasteiger partial charge in [-0.15, -0.1) is 11.6 Å². The van der Waals surface area contributed by atoms with Crippen molar-refractivity contribution in [3.63, 3.8) is 0 Å². The van der Waals surface area contributed by atoms with E-state index in [-0.39, 0.29) is 0 Å². The van der Waals surface area contributed by atoms with E-state index in [2.05, 4.69) is 24.1 Å². The van der Waals surface area contributed by atoms with Crippen molar-refractivity contribution in [3.8, 4) is 0 Å². The van der Waals surface area contributed by atoms with Gasteiger partial charge in [0.1, 0.15) is 0 Å². The van der Waals surface area contributed by atoms with Crippen LogP contribution in [0, 0.1) is 11.8 Å². The van der Waals surface area contributed by atoms with Crippen molar-refractivity contribution < 1.29 is 4.74 Å². The highest BCUT2D eigenvalue weighted by atomic mass is 35.5. The SMILES string of the molecule is CC(C)N1CCOC(CNCC2CCCCC2CCl)C1. The fraction of sp³-hybridized carbons (Fsp3) is 1.00. The smallest absolute Gasteiger partial charge is 0.0826 e. The largest absolute Gasteiger partial charge is 0.374 e. The predicted molar refractivity (Wildman–Crippen MR) is 85.5 cm³/mol. The number of morpholine rings is 1. The van der Waals surface area contributed by atoms with Gasteiger partial charge in [0.2, 0.25) is 0 Å². The van der Waals surface area contributed by atoms with E-state index in [0.29, 0.717) is 12.1 Å². The van der Waals surface area contributed by atoms with Crippen molar-refractivity contribution >= 4 is 11.6 Å². The second-order valence-corrected chi connectivity index (χ2v) is 7.01. The van der Waals surface area contributed by atoms with E-state index in [9.17, 15) is 0 Å². The van der Waals surface area contributed by atoms with Crippen LogP contribution in [0.25, 0.3) is 0 Å². The topological polar surface area (TPSA) is 24.5 Å². The highest BCUT2D eigenvalue weighted by Crippen LogP contribution is 2.30. The molecular formula is C16H31ClN2O. The van der Waals surface area contributed by atoms with E-state index in [1.807, 2.05) is 0 Å². The summed E-state index contributed by atoms with van der Waals surface area (Å²) < 4.78 is 5.87. The first-order valence-electron chi connectivity index (χ1n) is 8.33. The number of halogens is 1. The average Bonchev–Trinajstić information content (AvgIpc) is 2.48. The van der Waals surface area contributed by atoms with Gasteiger partial charge in [-0.05, 0) is 45.1 Å². The molecule has 2 aliphatic rings. The quantitative estimate of drug-likeness (QED) is 0.764. The minimum Gasteiger partial charge on any atom is -0.374 e. The Hall–Kier alpha value is 0.170. The Morgan fingerprint density at radius 2 is 1.95 bits per heavy atom. The molecule has 2 fully saturated rings. The third kappa shape index (κ3) is 4.87. The Labute approximate surface area is 129 Å². The van der Waals surface area contributed by atoms with Crippen LogP contribution in [0.3, 0.4) is 0 Å². The van der Waals surface area contributed by atoms with Gasteiger partial charge in [-0.3, -0.25) is 4.90 Å². The maximum atomic E-state index is 6.10. The summed E-state index contributed by atoms with van der Waals surface area (Å²) in [6.45, 7) is 9.64. The highest BCUT2D eigenvalue weighted by Gasteiger charge is 2.25. The van der Waals surface area contributed by atoms with Crippen LogP contribution in [0.1, 0.15) is 39.5 Å². The van der Waals surface area contributed by atoms with Crippen LogP contribution >= 0.6 is 11.6 Å². The van der Waals surface area contributed by atoms with E-state index in [1.165, 1.54) is 25.7 Å². The van der Waals surface area contributed by atoms with Crippen molar-refractivity contribution in [1.82, 2.24) is 10.2 Å². The van der Waals surface area contributed by atoms with Gasteiger partial charge < -0.3 is 10.1 Å². The van der Waals surface area contributed by atoms with E-state index < -0.39 is 0 Å². The molecule has 1 N–H and O–H groups in total. The van der Waals surface area contributed by atoms with Crippen molar-refractivity contribution in [2.45, 2.75) is 51.7 Å². The van der Waals surface area contributed by atoms with Gasteiger partial charge in [-0.25, -0.2) is 0 Å². The number of nitrogens with one attached hydrogen (secondary N) is 1. The fourth-order valence-corrected chi connectivity index (χ4v) is 3.93. The molecule has 0 aromatic heterocycles. The summed E-state index contributed by atoms with van der Waals surface area (Å²) in [7, 11) is 0. The number of ether oxygens (including phenoxy) is 1. The highest BCUT2D eigenvalue weighted by molar-refractivity contribution is 6.18. The summed E-state index contributed by atoms with van der Waals surface area (Å²) >= 11 is 6.10. The van der Waals surface area contributed by atoms with Crippen LogP contribution in [-0.2, 0) is 4.74 Å². The second kappa shape index (κ2) is 8.57. The van der Waals surface area contributed by atoms with Crippen LogP contribution < -0.4 is 5.32 Å². The Morgan fingerprint density at radius 3 is 2.65 bits per heavy atom. The zero-order valence-corrected chi connectivity index (χ0v) is 13.9. The molecule has 3 atom stereocenters. The zero-order chi connectivity index (χ0) is 14.4. The first-order chi connectivity index (χ1) is 9.70. The van der Waals surface area contributed by atoms with Gasteiger partial charge in [0.05, 0.1) is 12.7 Å². The average molecular weight is 303 g/mol. The minimum absolute atomic E-state index is 0.351. The first kappa shape index (κ1) is 16.5. The number of hydrogen-bond acceptors (Lipinski definition) is 3. The lowest BCUT2D eigenvalue weighted by Gasteiger charge is -2.36. The summed E-state index contributed by atoms with van der Waals surface area (Å²) in [5.41, 5.74) is 0. The lowest BCUT2D eigenvalue weighted by atomic mass is 9.80. The van der Waals surface area contributed by atoms with E-state index in [4.69, 9.17) is 16.3 Å². The molecule has 0 radical (unpaired) electrons. The van der Waals surface area contributed by atoms with Crippen LogP contribution in [-0.4, -0.2) is 55.7 Å². The van der Waals surface area contributed by atoms with Crippen molar-refractivity contribution in [1.29, 1.82) is 0 Å². The fourth-order valence-electron chi connectivity index (χ4n) is 3.52. The monoisotopic (exact) mass is 302 g/mol. The normalized spacial score (nSPS) is 32.7. The number of alkyl halides is 1. The third-order valence-corrected chi connectivity index (χ3v) is 5.34. The van der Waals surface area contributed by atoms with E-state index in [1.54, 1.807) is 0 Å². The Balaban J connectivity index is 1.67. The van der Waals surface area contributed by atoms with Crippen molar-refractivity contribution in [3.05, 3.63) is 0 Å². The second-order valence-electron chi connectivity index (χ2n) is 6.70. The summed E-state index contributed by atoms with van der Waals surface area (Å²) in [6.07, 6.45) is 5.75. The molecule has 1 aliphatic heterocycles. The Bertz CT molecular complexity index is 275. The third-order valence-electron chi connectivity index (χ3n) is 4.94. The molecule has 118 valence electrons.